The lowest BCUT2D eigenvalue weighted by Crippen LogP contribution is -2.48. The van der Waals surface area contributed by atoms with E-state index in [4.69, 9.17) is 0 Å². The molecule has 0 bridgehead atoms. The molecule has 1 rings (SSSR count). The van der Waals surface area contributed by atoms with Gasteiger partial charge in [-0.1, -0.05) is 27.2 Å². The normalized spacial score (nSPS) is 24.0. The highest BCUT2D eigenvalue weighted by Crippen LogP contribution is 2.14. The molecule has 0 aromatic carbocycles. The molecule has 96 valence electrons. The molecule has 0 aromatic heterocycles. The van der Waals surface area contributed by atoms with E-state index in [0.29, 0.717) is 6.04 Å². The predicted molar refractivity (Wildman–Crippen MR) is 71.8 cm³/mol. The lowest BCUT2D eigenvalue weighted by molar-refractivity contribution is 0.144. The third-order valence-corrected chi connectivity index (χ3v) is 3.92. The van der Waals surface area contributed by atoms with Crippen LogP contribution in [0.4, 0.5) is 0 Å². The van der Waals surface area contributed by atoms with Gasteiger partial charge in [0.1, 0.15) is 0 Å². The second-order valence-corrected chi connectivity index (χ2v) is 5.63. The summed E-state index contributed by atoms with van der Waals surface area (Å²) in [5, 5.41) is 3.66. The Morgan fingerprint density at radius 3 is 2.50 bits per heavy atom. The average molecular weight is 226 g/mol. The SMILES string of the molecule is CCCN(CC1CCCCN1)C(C)C(C)C. The molecular weight excluding hydrogens is 196 g/mol. The molecule has 0 radical (unpaired) electrons. The first kappa shape index (κ1) is 14.0. The van der Waals surface area contributed by atoms with Crippen molar-refractivity contribution in [1.29, 1.82) is 0 Å². The van der Waals surface area contributed by atoms with E-state index in [-0.39, 0.29) is 0 Å². The maximum Gasteiger partial charge on any atom is 0.0195 e. The fourth-order valence-electron chi connectivity index (χ4n) is 2.53. The lowest BCUT2D eigenvalue weighted by atomic mass is 10.0. The van der Waals surface area contributed by atoms with Crippen molar-refractivity contribution in [2.24, 2.45) is 5.92 Å². The van der Waals surface area contributed by atoms with E-state index < -0.39 is 0 Å². The van der Waals surface area contributed by atoms with Crippen LogP contribution in [0.3, 0.4) is 0 Å². The minimum atomic E-state index is 0.712. The first-order valence-electron chi connectivity index (χ1n) is 7.12. The van der Waals surface area contributed by atoms with Crippen molar-refractivity contribution in [3.63, 3.8) is 0 Å². The first-order valence-corrected chi connectivity index (χ1v) is 7.12. The summed E-state index contributed by atoms with van der Waals surface area (Å²) in [6.07, 6.45) is 5.41. The molecule has 1 N–H and O–H groups in total. The van der Waals surface area contributed by atoms with Crippen molar-refractivity contribution in [3.8, 4) is 0 Å². The van der Waals surface area contributed by atoms with Crippen LogP contribution in [-0.4, -0.2) is 36.6 Å². The molecule has 0 aliphatic carbocycles. The molecule has 0 aromatic rings. The highest BCUT2D eigenvalue weighted by molar-refractivity contribution is 4.79. The number of hydrogen-bond acceptors (Lipinski definition) is 2. The van der Waals surface area contributed by atoms with Crippen LogP contribution in [0.1, 0.15) is 53.4 Å². The fourth-order valence-corrected chi connectivity index (χ4v) is 2.53. The number of piperidine rings is 1. The van der Waals surface area contributed by atoms with E-state index in [1.165, 1.54) is 45.3 Å². The number of nitrogens with one attached hydrogen (secondary N) is 1. The van der Waals surface area contributed by atoms with Gasteiger partial charge in [-0.05, 0) is 45.2 Å². The van der Waals surface area contributed by atoms with Gasteiger partial charge in [-0.2, -0.15) is 0 Å². The number of hydrogen-bond donors (Lipinski definition) is 1. The molecule has 1 aliphatic heterocycles. The van der Waals surface area contributed by atoms with E-state index in [1.54, 1.807) is 0 Å². The molecule has 1 saturated heterocycles. The van der Waals surface area contributed by atoms with Crippen molar-refractivity contribution in [2.75, 3.05) is 19.6 Å². The second-order valence-electron chi connectivity index (χ2n) is 5.63. The standard InChI is InChI=1S/C14H30N2/c1-5-10-16(13(4)12(2)3)11-14-8-6-7-9-15-14/h12-15H,5-11H2,1-4H3. The van der Waals surface area contributed by atoms with Gasteiger partial charge in [0.15, 0.2) is 0 Å². The van der Waals surface area contributed by atoms with Crippen molar-refractivity contribution >= 4 is 0 Å². The zero-order valence-corrected chi connectivity index (χ0v) is 11.6. The van der Waals surface area contributed by atoms with Crippen LogP contribution in [0.2, 0.25) is 0 Å². The predicted octanol–water partition coefficient (Wildman–Crippen LogP) is 2.89. The molecule has 2 nitrogen and oxygen atoms in total. The number of nitrogens with zero attached hydrogens (tertiary/aromatic N) is 1. The Morgan fingerprint density at radius 2 is 2.00 bits per heavy atom. The molecule has 0 spiro atoms. The Hall–Kier alpha value is -0.0800. The second kappa shape index (κ2) is 7.29. The monoisotopic (exact) mass is 226 g/mol. The van der Waals surface area contributed by atoms with Crippen LogP contribution in [0.15, 0.2) is 0 Å². The molecule has 16 heavy (non-hydrogen) atoms. The average Bonchev–Trinajstić information content (AvgIpc) is 2.29. The maximum absolute atomic E-state index is 3.66. The molecule has 0 saturated carbocycles. The minimum Gasteiger partial charge on any atom is -0.313 e. The molecule has 1 aliphatic rings. The minimum absolute atomic E-state index is 0.712. The summed E-state index contributed by atoms with van der Waals surface area (Å²) in [5.74, 6) is 0.759. The van der Waals surface area contributed by atoms with Crippen molar-refractivity contribution in [1.82, 2.24) is 10.2 Å². The van der Waals surface area contributed by atoms with Crippen molar-refractivity contribution in [2.45, 2.75) is 65.5 Å². The maximum atomic E-state index is 3.66. The third kappa shape index (κ3) is 4.42. The third-order valence-electron chi connectivity index (χ3n) is 3.92. The Morgan fingerprint density at radius 1 is 1.25 bits per heavy atom. The molecule has 2 atom stereocenters. The van der Waals surface area contributed by atoms with E-state index >= 15 is 0 Å². The van der Waals surface area contributed by atoms with Crippen LogP contribution in [0.25, 0.3) is 0 Å². The van der Waals surface area contributed by atoms with Crippen LogP contribution < -0.4 is 5.32 Å². The summed E-state index contributed by atoms with van der Waals surface area (Å²) in [7, 11) is 0. The van der Waals surface area contributed by atoms with E-state index in [2.05, 4.69) is 37.9 Å². The summed E-state index contributed by atoms with van der Waals surface area (Å²) in [6, 6.07) is 1.45. The van der Waals surface area contributed by atoms with Crippen LogP contribution in [0.5, 0.6) is 0 Å². The van der Waals surface area contributed by atoms with Crippen LogP contribution in [0, 0.1) is 5.92 Å². The molecular formula is C14H30N2. The molecule has 1 heterocycles. The molecule has 2 heteroatoms. The van der Waals surface area contributed by atoms with Gasteiger partial charge in [0.25, 0.3) is 0 Å². The van der Waals surface area contributed by atoms with E-state index in [9.17, 15) is 0 Å². The van der Waals surface area contributed by atoms with Crippen LogP contribution >= 0.6 is 0 Å². The molecule has 0 amide bonds. The van der Waals surface area contributed by atoms with Crippen molar-refractivity contribution in [3.05, 3.63) is 0 Å². The lowest BCUT2D eigenvalue weighted by Gasteiger charge is -2.36. The zero-order chi connectivity index (χ0) is 12.0. The van der Waals surface area contributed by atoms with Gasteiger partial charge >= 0.3 is 0 Å². The Balaban J connectivity index is 2.42. The topological polar surface area (TPSA) is 15.3 Å². The zero-order valence-electron chi connectivity index (χ0n) is 11.6. The van der Waals surface area contributed by atoms with Gasteiger partial charge in [-0.3, -0.25) is 4.90 Å². The van der Waals surface area contributed by atoms with Gasteiger partial charge in [0.05, 0.1) is 0 Å². The van der Waals surface area contributed by atoms with Gasteiger partial charge < -0.3 is 5.32 Å². The molecule has 2 unspecified atom stereocenters. The van der Waals surface area contributed by atoms with Gasteiger partial charge in [0, 0.05) is 18.6 Å². The summed E-state index contributed by atoms with van der Waals surface area (Å²) in [6.45, 7) is 13.0. The molecule has 1 fully saturated rings. The van der Waals surface area contributed by atoms with Crippen LogP contribution in [-0.2, 0) is 0 Å². The van der Waals surface area contributed by atoms with E-state index in [1.807, 2.05) is 0 Å². The highest BCUT2D eigenvalue weighted by Gasteiger charge is 2.21. The van der Waals surface area contributed by atoms with Gasteiger partial charge in [0.2, 0.25) is 0 Å². The van der Waals surface area contributed by atoms with E-state index in [0.717, 1.165) is 12.0 Å². The van der Waals surface area contributed by atoms with Gasteiger partial charge in [-0.15, -0.1) is 0 Å². The summed E-state index contributed by atoms with van der Waals surface area (Å²) in [4.78, 5) is 2.67. The number of rotatable bonds is 6. The fraction of sp³-hybridized carbons (Fsp3) is 1.00. The summed E-state index contributed by atoms with van der Waals surface area (Å²) >= 11 is 0. The van der Waals surface area contributed by atoms with Gasteiger partial charge in [-0.25, -0.2) is 0 Å². The Bertz CT molecular complexity index is 174. The largest absolute Gasteiger partial charge is 0.313 e. The highest BCUT2D eigenvalue weighted by atomic mass is 15.2. The van der Waals surface area contributed by atoms with Crippen molar-refractivity contribution < 1.29 is 0 Å². The first-order chi connectivity index (χ1) is 7.65. The quantitative estimate of drug-likeness (QED) is 0.749. The smallest absolute Gasteiger partial charge is 0.0195 e. The Kier molecular flexibility index (Phi) is 6.37. The Labute approximate surface area is 102 Å². The summed E-state index contributed by atoms with van der Waals surface area (Å²) in [5.41, 5.74) is 0. The summed E-state index contributed by atoms with van der Waals surface area (Å²) < 4.78 is 0.